The first kappa shape index (κ1) is 20.8. The number of para-hydroxylation sites is 1. The molecule has 30 heavy (non-hydrogen) atoms. The van der Waals surface area contributed by atoms with E-state index in [2.05, 4.69) is 44.0 Å². The quantitative estimate of drug-likeness (QED) is 0.532. The average Bonchev–Trinajstić information content (AvgIpc) is 2.76. The first-order valence-electron chi connectivity index (χ1n) is 10.3. The summed E-state index contributed by atoms with van der Waals surface area (Å²) in [7, 11) is 0. The SMILES string of the molecule is CCOc1ccc(Br)cc1C(c1cnc2ccccc2c1)N1CCCC(C(=O)O)C1. The Labute approximate surface area is 184 Å². The van der Waals surface area contributed by atoms with Crippen LogP contribution in [-0.2, 0) is 4.79 Å². The molecule has 0 saturated carbocycles. The van der Waals surface area contributed by atoms with E-state index in [-0.39, 0.29) is 12.0 Å². The van der Waals surface area contributed by atoms with Gasteiger partial charge in [-0.05, 0) is 62.2 Å². The number of ether oxygens (including phenoxy) is 1. The fraction of sp³-hybridized carbons (Fsp3) is 0.333. The van der Waals surface area contributed by atoms with E-state index in [1.165, 1.54) is 0 Å². The molecule has 1 aliphatic rings. The molecule has 0 amide bonds. The molecular weight excluding hydrogens is 444 g/mol. The summed E-state index contributed by atoms with van der Waals surface area (Å²) in [5.74, 6) is -0.275. The minimum absolute atomic E-state index is 0.136. The smallest absolute Gasteiger partial charge is 0.307 e. The van der Waals surface area contributed by atoms with Gasteiger partial charge in [0, 0.05) is 28.2 Å². The Morgan fingerprint density at radius 2 is 2.13 bits per heavy atom. The highest BCUT2D eigenvalue weighted by Gasteiger charge is 2.33. The molecule has 0 spiro atoms. The molecule has 2 aromatic carbocycles. The van der Waals surface area contributed by atoms with Gasteiger partial charge in [-0.15, -0.1) is 0 Å². The van der Waals surface area contributed by atoms with Gasteiger partial charge in [0.2, 0.25) is 0 Å². The van der Waals surface area contributed by atoms with Crippen molar-refractivity contribution in [1.29, 1.82) is 0 Å². The van der Waals surface area contributed by atoms with Gasteiger partial charge in [-0.2, -0.15) is 0 Å². The molecule has 5 nitrogen and oxygen atoms in total. The lowest BCUT2D eigenvalue weighted by atomic mass is 9.91. The van der Waals surface area contributed by atoms with Gasteiger partial charge >= 0.3 is 5.97 Å². The van der Waals surface area contributed by atoms with Gasteiger partial charge in [0.15, 0.2) is 0 Å². The fourth-order valence-electron chi connectivity index (χ4n) is 4.29. The first-order chi connectivity index (χ1) is 14.6. The summed E-state index contributed by atoms with van der Waals surface area (Å²) in [6, 6.07) is 16.1. The lowest BCUT2D eigenvalue weighted by Gasteiger charge is -2.38. The van der Waals surface area contributed by atoms with E-state index in [0.29, 0.717) is 19.6 Å². The molecule has 0 bridgehead atoms. The maximum absolute atomic E-state index is 11.7. The summed E-state index contributed by atoms with van der Waals surface area (Å²) in [4.78, 5) is 18.7. The van der Waals surface area contributed by atoms with Crippen LogP contribution in [0.2, 0.25) is 0 Å². The molecule has 4 rings (SSSR count). The number of carbonyl (C=O) groups is 1. The second kappa shape index (κ2) is 9.14. The number of nitrogens with zero attached hydrogens (tertiary/aromatic N) is 2. The largest absolute Gasteiger partial charge is 0.494 e. The van der Waals surface area contributed by atoms with Crippen LogP contribution in [0.5, 0.6) is 5.75 Å². The Balaban J connectivity index is 1.84. The zero-order valence-electron chi connectivity index (χ0n) is 16.9. The van der Waals surface area contributed by atoms with Crippen molar-refractivity contribution in [2.24, 2.45) is 5.92 Å². The number of pyridine rings is 1. The van der Waals surface area contributed by atoms with Crippen molar-refractivity contribution in [1.82, 2.24) is 9.88 Å². The first-order valence-corrected chi connectivity index (χ1v) is 11.1. The number of aliphatic carboxylic acids is 1. The third kappa shape index (κ3) is 4.35. The summed E-state index contributed by atoms with van der Waals surface area (Å²) < 4.78 is 6.93. The van der Waals surface area contributed by atoms with Gasteiger partial charge in [-0.1, -0.05) is 34.1 Å². The predicted molar refractivity (Wildman–Crippen MR) is 121 cm³/mol. The standard InChI is InChI=1S/C24H25BrN2O3/c1-2-30-22-10-9-19(25)13-20(22)23(27-11-5-7-17(15-27)24(28)29)18-12-16-6-3-4-8-21(16)26-14-18/h3-4,6,8-10,12-14,17,23H,2,5,7,11,15H2,1H3,(H,28,29). The molecular formula is C24H25BrN2O3. The molecule has 0 radical (unpaired) electrons. The van der Waals surface area contributed by atoms with Crippen molar-refractivity contribution in [2.75, 3.05) is 19.7 Å². The molecule has 1 saturated heterocycles. The molecule has 2 atom stereocenters. The van der Waals surface area contributed by atoms with Crippen molar-refractivity contribution >= 4 is 32.8 Å². The van der Waals surface area contributed by atoms with Gasteiger partial charge in [0.05, 0.1) is 24.1 Å². The lowest BCUT2D eigenvalue weighted by Crippen LogP contribution is -2.41. The Morgan fingerprint density at radius 3 is 2.93 bits per heavy atom. The summed E-state index contributed by atoms with van der Waals surface area (Å²) in [6.07, 6.45) is 3.48. The third-order valence-electron chi connectivity index (χ3n) is 5.66. The van der Waals surface area contributed by atoms with Crippen molar-refractivity contribution in [3.8, 4) is 5.75 Å². The van der Waals surface area contributed by atoms with Crippen LogP contribution in [0, 0.1) is 5.92 Å². The summed E-state index contributed by atoms with van der Waals surface area (Å²) in [5, 5.41) is 10.7. The highest BCUT2D eigenvalue weighted by molar-refractivity contribution is 9.10. The highest BCUT2D eigenvalue weighted by Crippen LogP contribution is 2.39. The number of hydrogen-bond acceptors (Lipinski definition) is 4. The number of benzene rings is 2. The minimum Gasteiger partial charge on any atom is -0.494 e. The predicted octanol–water partition coefficient (Wildman–Crippen LogP) is 5.28. The minimum atomic E-state index is -0.727. The number of likely N-dealkylation sites (tertiary alicyclic amines) is 1. The maximum atomic E-state index is 11.7. The van der Waals surface area contributed by atoms with Crippen molar-refractivity contribution in [3.63, 3.8) is 0 Å². The zero-order valence-corrected chi connectivity index (χ0v) is 18.5. The number of aromatic nitrogens is 1. The maximum Gasteiger partial charge on any atom is 0.307 e. The monoisotopic (exact) mass is 468 g/mol. The molecule has 1 N–H and O–H groups in total. The van der Waals surface area contributed by atoms with E-state index in [1.807, 2.05) is 43.5 Å². The molecule has 1 aliphatic heterocycles. The number of hydrogen-bond donors (Lipinski definition) is 1. The highest BCUT2D eigenvalue weighted by atomic mass is 79.9. The molecule has 0 aliphatic carbocycles. The third-order valence-corrected chi connectivity index (χ3v) is 6.15. The molecule has 156 valence electrons. The van der Waals surface area contributed by atoms with Crippen LogP contribution >= 0.6 is 15.9 Å². The van der Waals surface area contributed by atoms with Crippen LogP contribution in [0.15, 0.2) is 59.2 Å². The van der Waals surface area contributed by atoms with Crippen LogP contribution in [0.1, 0.15) is 36.9 Å². The molecule has 1 aromatic heterocycles. The molecule has 3 aromatic rings. The number of carboxylic acids is 1. The van der Waals surface area contributed by atoms with Crippen LogP contribution in [-0.4, -0.2) is 40.7 Å². The normalized spacial score (nSPS) is 18.3. The van der Waals surface area contributed by atoms with E-state index in [4.69, 9.17) is 4.74 Å². The van der Waals surface area contributed by atoms with E-state index >= 15 is 0 Å². The van der Waals surface area contributed by atoms with E-state index < -0.39 is 5.97 Å². The molecule has 2 unspecified atom stereocenters. The second-order valence-corrected chi connectivity index (χ2v) is 8.57. The number of carboxylic acid groups (broad SMARTS) is 1. The topological polar surface area (TPSA) is 62.7 Å². The number of fused-ring (bicyclic) bond motifs is 1. The lowest BCUT2D eigenvalue weighted by molar-refractivity contribution is -0.143. The Hall–Kier alpha value is -2.44. The van der Waals surface area contributed by atoms with Gasteiger partial charge in [-0.25, -0.2) is 0 Å². The van der Waals surface area contributed by atoms with Crippen LogP contribution in [0.25, 0.3) is 10.9 Å². The van der Waals surface area contributed by atoms with Gasteiger partial charge in [0.25, 0.3) is 0 Å². The average molecular weight is 469 g/mol. The molecule has 2 heterocycles. The van der Waals surface area contributed by atoms with Gasteiger partial charge in [0.1, 0.15) is 5.75 Å². The molecule has 1 fully saturated rings. The van der Waals surface area contributed by atoms with Crippen molar-refractivity contribution < 1.29 is 14.6 Å². The number of piperidine rings is 1. The Morgan fingerprint density at radius 1 is 1.30 bits per heavy atom. The van der Waals surface area contributed by atoms with E-state index in [0.717, 1.165) is 45.2 Å². The Kier molecular flexibility index (Phi) is 6.35. The van der Waals surface area contributed by atoms with Crippen molar-refractivity contribution in [3.05, 3.63) is 70.3 Å². The van der Waals surface area contributed by atoms with Gasteiger partial charge in [-0.3, -0.25) is 14.7 Å². The van der Waals surface area contributed by atoms with Crippen LogP contribution < -0.4 is 4.74 Å². The van der Waals surface area contributed by atoms with Crippen molar-refractivity contribution in [2.45, 2.75) is 25.8 Å². The van der Waals surface area contributed by atoms with Crippen LogP contribution in [0.3, 0.4) is 0 Å². The summed E-state index contributed by atoms with van der Waals surface area (Å²) in [6.45, 7) is 3.87. The van der Waals surface area contributed by atoms with E-state index in [1.54, 1.807) is 0 Å². The number of halogens is 1. The van der Waals surface area contributed by atoms with E-state index in [9.17, 15) is 9.90 Å². The summed E-state index contributed by atoms with van der Waals surface area (Å²) in [5.41, 5.74) is 3.01. The summed E-state index contributed by atoms with van der Waals surface area (Å²) >= 11 is 3.60. The Bertz CT molecular complexity index is 1060. The molecule has 6 heteroatoms. The number of rotatable bonds is 6. The second-order valence-electron chi connectivity index (χ2n) is 7.65. The van der Waals surface area contributed by atoms with Gasteiger partial charge < -0.3 is 9.84 Å². The zero-order chi connectivity index (χ0) is 21.1. The van der Waals surface area contributed by atoms with Crippen LogP contribution in [0.4, 0.5) is 0 Å². The fourth-order valence-corrected chi connectivity index (χ4v) is 4.67.